The summed E-state index contributed by atoms with van der Waals surface area (Å²) in [6, 6.07) is 5.80. The minimum absolute atomic E-state index is 0.00200. The van der Waals surface area contributed by atoms with Crippen LogP contribution in [-0.4, -0.2) is 16.2 Å². The summed E-state index contributed by atoms with van der Waals surface area (Å²) in [5.74, 6) is 0.452. The Balaban J connectivity index is 1.49. The SMILES string of the molecule is O=C(CCc1ccsc1)OCc1nnc(-c2ccc(Br)s2)o1. The van der Waals surface area contributed by atoms with Gasteiger partial charge in [-0.15, -0.1) is 21.5 Å². The lowest BCUT2D eigenvalue weighted by Crippen LogP contribution is -2.05. The Bertz CT molecular complexity index is 752. The van der Waals surface area contributed by atoms with E-state index in [1.807, 2.05) is 29.0 Å². The van der Waals surface area contributed by atoms with Crippen molar-refractivity contribution in [2.75, 3.05) is 0 Å². The predicted octanol–water partition coefficient (Wildman–Crippen LogP) is 4.30. The molecule has 0 spiro atoms. The van der Waals surface area contributed by atoms with E-state index in [0.29, 0.717) is 24.6 Å². The summed E-state index contributed by atoms with van der Waals surface area (Å²) >= 11 is 6.49. The van der Waals surface area contributed by atoms with Gasteiger partial charge in [-0.1, -0.05) is 0 Å². The molecule has 114 valence electrons. The molecule has 3 rings (SSSR count). The highest BCUT2D eigenvalue weighted by Gasteiger charge is 2.12. The average Bonchev–Trinajstić information content (AvgIpc) is 3.24. The van der Waals surface area contributed by atoms with E-state index in [1.54, 1.807) is 11.3 Å². The van der Waals surface area contributed by atoms with Crippen LogP contribution >= 0.6 is 38.6 Å². The lowest BCUT2D eigenvalue weighted by molar-refractivity contribution is -0.145. The first-order chi connectivity index (χ1) is 10.7. The highest BCUT2D eigenvalue weighted by molar-refractivity contribution is 9.11. The lowest BCUT2D eigenvalue weighted by atomic mass is 10.2. The number of thiophene rings is 2. The van der Waals surface area contributed by atoms with Crippen LogP contribution in [0.15, 0.2) is 37.2 Å². The molecule has 8 heteroatoms. The van der Waals surface area contributed by atoms with E-state index < -0.39 is 0 Å². The van der Waals surface area contributed by atoms with Gasteiger partial charge in [-0.2, -0.15) is 11.3 Å². The number of aromatic nitrogens is 2. The molecule has 0 amide bonds. The van der Waals surface area contributed by atoms with Crippen molar-refractivity contribution < 1.29 is 13.9 Å². The van der Waals surface area contributed by atoms with Crippen molar-refractivity contribution in [3.63, 3.8) is 0 Å². The monoisotopic (exact) mass is 398 g/mol. The van der Waals surface area contributed by atoms with Crippen molar-refractivity contribution >= 4 is 44.6 Å². The molecule has 22 heavy (non-hydrogen) atoms. The van der Waals surface area contributed by atoms with E-state index >= 15 is 0 Å². The quantitative estimate of drug-likeness (QED) is 0.579. The van der Waals surface area contributed by atoms with Crippen molar-refractivity contribution in [2.24, 2.45) is 0 Å². The number of aryl methyl sites for hydroxylation is 1. The number of halogens is 1. The van der Waals surface area contributed by atoms with Gasteiger partial charge >= 0.3 is 5.97 Å². The van der Waals surface area contributed by atoms with Crippen LogP contribution in [0.4, 0.5) is 0 Å². The Morgan fingerprint density at radius 2 is 2.23 bits per heavy atom. The molecule has 0 fully saturated rings. The Kier molecular flexibility index (Phi) is 5.01. The molecule has 0 aliphatic heterocycles. The number of rotatable bonds is 6. The van der Waals surface area contributed by atoms with Crippen LogP contribution in [0.2, 0.25) is 0 Å². The summed E-state index contributed by atoms with van der Waals surface area (Å²) in [6.07, 6.45) is 1.02. The number of carbonyl (C=O) groups excluding carboxylic acids is 1. The maximum absolute atomic E-state index is 11.7. The van der Waals surface area contributed by atoms with Gasteiger partial charge in [0.15, 0.2) is 6.61 Å². The van der Waals surface area contributed by atoms with Gasteiger partial charge in [-0.25, -0.2) is 0 Å². The Hall–Kier alpha value is -1.51. The van der Waals surface area contributed by atoms with Gasteiger partial charge in [0.25, 0.3) is 11.8 Å². The molecule has 0 radical (unpaired) electrons. The first kappa shape index (κ1) is 15.4. The van der Waals surface area contributed by atoms with Crippen molar-refractivity contribution in [3.8, 4) is 10.8 Å². The van der Waals surface area contributed by atoms with E-state index in [2.05, 4.69) is 26.1 Å². The van der Waals surface area contributed by atoms with Crippen LogP contribution in [0.3, 0.4) is 0 Å². The van der Waals surface area contributed by atoms with E-state index in [1.165, 1.54) is 11.3 Å². The topological polar surface area (TPSA) is 65.2 Å². The lowest BCUT2D eigenvalue weighted by Gasteiger charge is -2.00. The van der Waals surface area contributed by atoms with Gasteiger partial charge in [-0.05, 0) is 56.9 Å². The second kappa shape index (κ2) is 7.17. The zero-order valence-electron chi connectivity index (χ0n) is 11.3. The van der Waals surface area contributed by atoms with Gasteiger partial charge < -0.3 is 9.15 Å². The summed E-state index contributed by atoms with van der Waals surface area (Å²) in [5.41, 5.74) is 1.14. The van der Waals surface area contributed by atoms with Crippen LogP contribution in [0.5, 0.6) is 0 Å². The van der Waals surface area contributed by atoms with Crippen LogP contribution in [-0.2, 0) is 22.6 Å². The summed E-state index contributed by atoms with van der Waals surface area (Å²) < 4.78 is 11.6. The van der Waals surface area contributed by atoms with Gasteiger partial charge in [0.05, 0.1) is 8.66 Å². The maximum atomic E-state index is 11.7. The fraction of sp³-hybridized carbons (Fsp3) is 0.214. The molecule has 0 aromatic carbocycles. The van der Waals surface area contributed by atoms with Gasteiger partial charge in [-0.3, -0.25) is 4.79 Å². The van der Waals surface area contributed by atoms with E-state index in [9.17, 15) is 4.79 Å². The fourth-order valence-corrected chi connectivity index (χ4v) is 3.75. The molecule has 5 nitrogen and oxygen atoms in total. The van der Waals surface area contributed by atoms with E-state index in [-0.39, 0.29) is 12.6 Å². The number of esters is 1. The zero-order valence-corrected chi connectivity index (χ0v) is 14.5. The van der Waals surface area contributed by atoms with Gasteiger partial charge in [0, 0.05) is 6.42 Å². The van der Waals surface area contributed by atoms with Crippen LogP contribution in [0.1, 0.15) is 17.9 Å². The molecule has 0 bridgehead atoms. The molecule has 3 aromatic heterocycles. The molecule has 0 unspecified atom stereocenters. The molecule has 3 aromatic rings. The van der Waals surface area contributed by atoms with E-state index in [0.717, 1.165) is 14.2 Å². The Morgan fingerprint density at radius 3 is 2.95 bits per heavy atom. The van der Waals surface area contributed by atoms with Gasteiger partial charge in [0.2, 0.25) is 0 Å². The van der Waals surface area contributed by atoms with E-state index in [4.69, 9.17) is 9.15 Å². The standard InChI is InChI=1S/C14H11BrN2O3S2/c15-11-3-2-10(22-11)14-17-16-12(20-14)7-19-13(18)4-1-9-5-6-21-8-9/h2-3,5-6,8H,1,4,7H2. The largest absolute Gasteiger partial charge is 0.456 e. The maximum Gasteiger partial charge on any atom is 0.306 e. The summed E-state index contributed by atoms with van der Waals surface area (Å²) in [7, 11) is 0. The zero-order chi connectivity index (χ0) is 15.4. The minimum Gasteiger partial charge on any atom is -0.456 e. The van der Waals surface area contributed by atoms with Crippen molar-refractivity contribution in [1.82, 2.24) is 10.2 Å². The number of carbonyl (C=O) groups is 1. The van der Waals surface area contributed by atoms with Crippen molar-refractivity contribution in [3.05, 3.63) is 44.2 Å². The summed E-state index contributed by atoms with van der Waals surface area (Å²) in [4.78, 5) is 12.5. The predicted molar refractivity (Wildman–Crippen MR) is 87.7 cm³/mol. The molecular weight excluding hydrogens is 388 g/mol. The second-order valence-corrected chi connectivity index (χ2v) is 7.64. The first-order valence-electron chi connectivity index (χ1n) is 6.45. The van der Waals surface area contributed by atoms with Crippen LogP contribution in [0, 0.1) is 0 Å². The average molecular weight is 399 g/mol. The fourth-order valence-electron chi connectivity index (χ4n) is 1.74. The number of ether oxygens (including phenoxy) is 1. The first-order valence-corrected chi connectivity index (χ1v) is 9.01. The molecule has 0 aliphatic carbocycles. The molecule has 3 heterocycles. The van der Waals surface area contributed by atoms with Gasteiger partial charge in [0.1, 0.15) is 0 Å². The minimum atomic E-state index is -0.273. The summed E-state index contributed by atoms with van der Waals surface area (Å²) in [5, 5.41) is 11.8. The molecule has 0 saturated heterocycles. The highest BCUT2D eigenvalue weighted by Crippen LogP contribution is 2.30. The molecule has 0 atom stereocenters. The normalized spacial score (nSPS) is 10.8. The second-order valence-electron chi connectivity index (χ2n) is 4.40. The summed E-state index contributed by atoms with van der Waals surface area (Å²) in [6.45, 7) is 0.00200. The molecular formula is C14H11BrN2O3S2. The Labute approximate surface area is 143 Å². The number of hydrogen-bond acceptors (Lipinski definition) is 7. The van der Waals surface area contributed by atoms with Crippen molar-refractivity contribution in [1.29, 1.82) is 0 Å². The smallest absolute Gasteiger partial charge is 0.306 e. The van der Waals surface area contributed by atoms with Crippen LogP contribution < -0.4 is 0 Å². The molecule has 0 N–H and O–H groups in total. The Morgan fingerprint density at radius 1 is 1.32 bits per heavy atom. The highest BCUT2D eigenvalue weighted by atomic mass is 79.9. The third-order valence-corrected chi connectivity index (χ3v) is 5.15. The molecule has 0 aliphatic rings. The van der Waals surface area contributed by atoms with Crippen molar-refractivity contribution in [2.45, 2.75) is 19.4 Å². The third-order valence-electron chi connectivity index (χ3n) is 2.81. The third kappa shape index (κ3) is 4.02. The number of hydrogen-bond donors (Lipinski definition) is 0. The number of nitrogens with zero attached hydrogens (tertiary/aromatic N) is 2. The molecule has 0 saturated carbocycles. The van der Waals surface area contributed by atoms with Crippen LogP contribution in [0.25, 0.3) is 10.8 Å².